The Kier molecular flexibility index (Phi) is 3.06. The SMILES string of the molecule is N#Cc1ncc2nc(-c3ccccc3)n(-c3ccccc3)c2n1. The number of para-hydroxylation sites is 1. The van der Waals surface area contributed by atoms with Crippen molar-refractivity contribution in [3.8, 4) is 23.1 Å². The standard InChI is InChI=1S/C18H11N5/c19-11-16-20-12-15-18(22-16)23(14-9-5-2-6-10-14)17(21-15)13-7-3-1-4-8-13/h1-10,12H. The summed E-state index contributed by atoms with van der Waals surface area (Å²) in [5.41, 5.74) is 3.21. The van der Waals surface area contributed by atoms with E-state index in [1.807, 2.05) is 71.3 Å². The molecule has 0 aliphatic carbocycles. The molecule has 0 spiro atoms. The fourth-order valence-electron chi connectivity index (χ4n) is 2.53. The van der Waals surface area contributed by atoms with Gasteiger partial charge in [0.2, 0.25) is 5.82 Å². The second-order valence-corrected chi connectivity index (χ2v) is 4.99. The highest BCUT2D eigenvalue weighted by Crippen LogP contribution is 2.27. The Bertz CT molecular complexity index is 1010. The summed E-state index contributed by atoms with van der Waals surface area (Å²) in [6, 6.07) is 21.7. The Labute approximate surface area is 132 Å². The van der Waals surface area contributed by atoms with Crippen molar-refractivity contribution in [1.82, 2.24) is 19.5 Å². The molecule has 0 amide bonds. The minimum Gasteiger partial charge on any atom is -0.277 e. The molecule has 0 radical (unpaired) electrons. The van der Waals surface area contributed by atoms with Gasteiger partial charge < -0.3 is 0 Å². The van der Waals surface area contributed by atoms with Crippen LogP contribution >= 0.6 is 0 Å². The van der Waals surface area contributed by atoms with Gasteiger partial charge in [-0.25, -0.2) is 9.97 Å². The fraction of sp³-hybridized carbons (Fsp3) is 0. The fourth-order valence-corrected chi connectivity index (χ4v) is 2.53. The highest BCUT2D eigenvalue weighted by molar-refractivity contribution is 5.79. The van der Waals surface area contributed by atoms with Crippen molar-refractivity contribution in [3.05, 3.63) is 72.7 Å². The predicted molar refractivity (Wildman–Crippen MR) is 86.8 cm³/mol. The van der Waals surface area contributed by atoms with Crippen molar-refractivity contribution in [2.75, 3.05) is 0 Å². The molecule has 2 aromatic heterocycles. The molecule has 0 unspecified atom stereocenters. The molecule has 0 N–H and O–H groups in total. The predicted octanol–water partition coefficient (Wildman–Crippen LogP) is 3.35. The summed E-state index contributed by atoms with van der Waals surface area (Å²) in [7, 11) is 0. The van der Waals surface area contributed by atoms with Crippen molar-refractivity contribution in [1.29, 1.82) is 5.26 Å². The Hall–Kier alpha value is -3.52. The Morgan fingerprint density at radius 1 is 0.870 bits per heavy atom. The number of fused-ring (bicyclic) bond motifs is 1. The van der Waals surface area contributed by atoms with Crippen LogP contribution in [0, 0.1) is 11.3 Å². The third-order valence-electron chi connectivity index (χ3n) is 3.55. The summed E-state index contributed by atoms with van der Waals surface area (Å²) in [6.45, 7) is 0. The van der Waals surface area contributed by atoms with Gasteiger partial charge in [-0.1, -0.05) is 48.5 Å². The van der Waals surface area contributed by atoms with Gasteiger partial charge in [-0.2, -0.15) is 10.2 Å². The Balaban J connectivity index is 2.09. The second-order valence-electron chi connectivity index (χ2n) is 4.99. The molecule has 0 atom stereocenters. The van der Waals surface area contributed by atoms with Gasteiger partial charge in [0.25, 0.3) is 0 Å². The Morgan fingerprint density at radius 3 is 2.26 bits per heavy atom. The maximum Gasteiger partial charge on any atom is 0.234 e. The van der Waals surface area contributed by atoms with E-state index < -0.39 is 0 Å². The van der Waals surface area contributed by atoms with Gasteiger partial charge in [-0.15, -0.1) is 0 Å². The van der Waals surface area contributed by atoms with Gasteiger partial charge in [-0.3, -0.25) is 4.57 Å². The zero-order valence-electron chi connectivity index (χ0n) is 12.1. The third-order valence-corrected chi connectivity index (χ3v) is 3.55. The van der Waals surface area contributed by atoms with E-state index >= 15 is 0 Å². The topological polar surface area (TPSA) is 67.4 Å². The van der Waals surface area contributed by atoms with Crippen molar-refractivity contribution in [3.63, 3.8) is 0 Å². The first kappa shape index (κ1) is 13.2. The van der Waals surface area contributed by atoms with E-state index in [0.29, 0.717) is 11.2 Å². The van der Waals surface area contributed by atoms with Crippen LogP contribution in [-0.4, -0.2) is 19.5 Å². The highest BCUT2D eigenvalue weighted by atomic mass is 15.1. The summed E-state index contributed by atoms with van der Waals surface area (Å²) in [5.74, 6) is 0.908. The van der Waals surface area contributed by atoms with E-state index in [-0.39, 0.29) is 5.82 Å². The first-order chi connectivity index (χ1) is 11.4. The van der Waals surface area contributed by atoms with E-state index in [2.05, 4.69) is 15.0 Å². The van der Waals surface area contributed by atoms with Crippen LogP contribution in [0.1, 0.15) is 5.82 Å². The van der Waals surface area contributed by atoms with Crippen molar-refractivity contribution in [2.24, 2.45) is 0 Å². The molecule has 0 saturated carbocycles. The molecule has 0 bridgehead atoms. The Morgan fingerprint density at radius 2 is 1.57 bits per heavy atom. The van der Waals surface area contributed by atoms with E-state index in [0.717, 1.165) is 17.1 Å². The lowest BCUT2D eigenvalue weighted by molar-refractivity contribution is 1.06. The monoisotopic (exact) mass is 297 g/mol. The van der Waals surface area contributed by atoms with Gasteiger partial charge in [-0.05, 0) is 12.1 Å². The average molecular weight is 297 g/mol. The lowest BCUT2D eigenvalue weighted by atomic mass is 10.2. The maximum absolute atomic E-state index is 9.08. The smallest absolute Gasteiger partial charge is 0.234 e. The number of nitriles is 1. The first-order valence-electron chi connectivity index (χ1n) is 7.13. The maximum atomic E-state index is 9.08. The quantitative estimate of drug-likeness (QED) is 0.569. The highest BCUT2D eigenvalue weighted by Gasteiger charge is 2.16. The number of rotatable bonds is 2. The summed E-state index contributed by atoms with van der Waals surface area (Å²) in [4.78, 5) is 13.0. The van der Waals surface area contributed by atoms with E-state index in [9.17, 15) is 0 Å². The molecule has 4 rings (SSSR count). The van der Waals surface area contributed by atoms with E-state index in [1.165, 1.54) is 0 Å². The van der Waals surface area contributed by atoms with Gasteiger partial charge in [0.15, 0.2) is 5.65 Å². The first-order valence-corrected chi connectivity index (χ1v) is 7.13. The number of aromatic nitrogens is 4. The molecule has 0 fully saturated rings. The zero-order chi connectivity index (χ0) is 15.6. The summed E-state index contributed by atoms with van der Waals surface area (Å²) < 4.78 is 1.95. The van der Waals surface area contributed by atoms with Crippen LogP contribution in [0.4, 0.5) is 0 Å². The van der Waals surface area contributed by atoms with Crippen LogP contribution in [0.25, 0.3) is 28.2 Å². The lowest BCUT2D eigenvalue weighted by Crippen LogP contribution is -1.99. The van der Waals surface area contributed by atoms with Crippen LogP contribution < -0.4 is 0 Å². The number of hydrogen-bond donors (Lipinski definition) is 0. The van der Waals surface area contributed by atoms with Crippen molar-refractivity contribution >= 4 is 11.2 Å². The van der Waals surface area contributed by atoms with Crippen molar-refractivity contribution in [2.45, 2.75) is 0 Å². The molecule has 0 saturated heterocycles. The van der Waals surface area contributed by atoms with Crippen LogP contribution in [0.15, 0.2) is 66.9 Å². The van der Waals surface area contributed by atoms with Gasteiger partial charge in [0.05, 0.1) is 6.20 Å². The lowest BCUT2D eigenvalue weighted by Gasteiger charge is -2.08. The minimum absolute atomic E-state index is 0.134. The number of benzene rings is 2. The van der Waals surface area contributed by atoms with Crippen LogP contribution in [0.2, 0.25) is 0 Å². The van der Waals surface area contributed by atoms with Gasteiger partial charge >= 0.3 is 0 Å². The molecule has 5 heteroatoms. The minimum atomic E-state index is 0.134. The molecule has 2 heterocycles. The normalized spacial score (nSPS) is 10.6. The molecule has 2 aromatic carbocycles. The van der Waals surface area contributed by atoms with Gasteiger partial charge in [0.1, 0.15) is 17.4 Å². The third kappa shape index (κ3) is 2.23. The van der Waals surface area contributed by atoms with Crippen molar-refractivity contribution < 1.29 is 0 Å². The zero-order valence-corrected chi connectivity index (χ0v) is 12.1. The van der Waals surface area contributed by atoms with E-state index in [4.69, 9.17) is 5.26 Å². The van der Waals surface area contributed by atoms with Crippen LogP contribution in [0.3, 0.4) is 0 Å². The van der Waals surface area contributed by atoms with Gasteiger partial charge in [0, 0.05) is 11.3 Å². The molecule has 5 nitrogen and oxygen atoms in total. The number of hydrogen-bond acceptors (Lipinski definition) is 4. The molecular weight excluding hydrogens is 286 g/mol. The largest absolute Gasteiger partial charge is 0.277 e. The number of imidazole rings is 1. The molecule has 108 valence electrons. The summed E-state index contributed by atoms with van der Waals surface area (Å²) in [5, 5.41) is 9.08. The molecule has 0 aliphatic rings. The molecule has 0 aliphatic heterocycles. The molecule has 23 heavy (non-hydrogen) atoms. The summed E-state index contributed by atoms with van der Waals surface area (Å²) >= 11 is 0. The molecule has 4 aromatic rings. The second kappa shape index (κ2) is 5.35. The van der Waals surface area contributed by atoms with Crippen LogP contribution in [-0.2, 0) is 0 Å². The van der Waals surface area contributed by atoms with Crippen LogP contribution in [0.5, 0.6) is 0 Å². The number of nitrogens with zero attached hydrogens (tertiary/aromatic N) is 5. The van der Waals surface area contributed by atoms with E-state index in [1.54, 1.807) is 6.20 Å². The summed E-state index contributed by atoms with van der Waals surface area (Å²) in [6.07, 6.45) is 1.59. The molecular formula is C18H11N5. The average Bonchev–Trinajstić information content (AvgIpc) is 3.01.